The Balaban J connectivity index is 2.16. The lowest BCUT2D eigenvalue weighted by atomic mass is 10.0. The van der Waals surface area contributed by atoms with Crippen LogP contribution in [0.15, 0.2) is 23.2 Å². The summed E-state index contributed by atoms with van der Waals surface area (Å²) in [5, 5.41) is 0.589. The van der Waals surface area contributed by atoms with Gasteiger partial charge in [-0.3, -0.25) is 4.79 Å². The van der Waals surface area contributed by atoms with Crippen LogP contribution in [0.4, 0.5) is 5.69 Å². The van der Waals surface area contributed by atoms with E-state index < -0.39 is 9.84 Å². The van der Waals surface area contributed by atoms with Crippen LogP contribution in [-0.4, -0.2) is 42.3 Å². The summed E-state index contributed by atoms with van der Waals surface area (Å²) in [6.07, 6.45) is 1.70. The number of para-hydroxylation sites is 1. The number of amides is 1. The van der Waals surface area contributed by atoms with Crippen LogP contribution in [0.1, 0.15) is 31.9 Å². The smallest absolute Gasteiger partial charge is 0.244 e. The van der Waals surface area contributed by atoms with Crippen molar-refractivity contribution in [3.63, 3.8) is 0 Å². The highest BCUT2D eigenvalue weighted by Crippen LogP contribution is 2.43. The number of sulfone groups is 1. The van der Waals surface area contributed by atoms with Gasteiger partial charge in [0.25, 0.3) is 0 Å². The molecular formula is C17H22N2O3S2. The number of fused-ring (bicyclic) bond motifs is 1. The zero-order valence-corrected chi connectivity index (χ0v) is 15.8. The number of hydrogen-bond acceptors (Lipinski definition) is 4. The molecule has 5 nitrogen and oxygen atoms in total. The molecule has 0 aliphatic carbocycles. The van der Waals surface area contributed by atoms with Crippen LogP contribution in [0, 0.1) is 0 Å². The number of hydrogen-bond donors (Lipinski definition) is 0. The van der Waals surface area contributed by atoms with Gasteiger partial charge in [-0.1, -0.05) is 43.8 Å². The van der Waals surface area contributed by atoms with Crippen LogP contribution >= 0.6 is 11.8 Å². The SMILES string of the molecule is CCc1cccc(CC)c1N1C(=NC(C)=O)S[C@H]2CS(=O)(=O)C[C@@H]21. The number of aryl methyl sites for hydroxylation is 2. The third-order valence-corrected chi connectivity index (χ3v) is 7.74. The van der Waals surface area contributed by atoms with Crippen molar-refractivity contribution in [2.24, 2.45) is 4.99 Å². The van der Waals surface area contributed by atoms with Crippen molar-refractivity contribution in [2.75, 3.05) is 16.4 Å². The summed E-state index contributed by atoms with van der Waals surface area (Å²) >= 11 is 1.43. The van der Waals surface area contributed by atoms with Crippen LogP contribution < -0.4 is 4.90 Å². The Morgan fingerprint density at radius 1 is 1.25 bits per heavy atom. The predicted octanol–water partition coefficient (Wildman–Crippen LogP) is 2.43. The molecule has 0 unspecified atom stereocenters. The van der Waals surface area contributed by atoms with Crippen LogP contribution in [0.2, 0.25) is 0 Å². The van der Waals surface area contributed by atoms with E-state index in [2.05, 4.69) is 31.0 Å². The lowest BCUT2D eigenvalue weighted by Crippen LogP contribution is -2.39. The van der Waals surface area contributed by atoms with Crippen LogP contribution in [0.5, 0.6) is 0 Å². The molecule has 0 bridgehead atoms. The number of aliphatic imine (C=N–C) groups is 1. The molecule has 24 heavy (non-hydrogen) atoms. The molecule has 0 saturated carbocycles. The number of nitrogens with zero attached hydrogens (tertiary/aromatic N) is 2. The normalized spacial score (nSPS) is 26.8. The fraction of sp³-hybridized carbons (Fsp3) is 0.529. The zero-order valence-electron chi connectivity index (χ0n) is 14.2. The summed E-state index contributed by atoms with van der Waals surface area (Å²) in [5.74, 6) is 0.0336. The van der Waals surface area contributed by atoms with Gasteiger partial charge >= 0.3 is 0 Å². The van der Waals surface area contributed by atoms with Gasteiger partial charge in [0.15, 0.2) is 15.0 Å². The monoisotopic (exact) mass is 366 g/mol. The highest BCUT2D eigenvalue weighted by Gasteiger charge is 2.50. The van der Waals surface area contributed by atoms with E-state index in [1.165, 1.54) is 18.7 Å². The lowest BCUT2D eigenvalue weighted by Gasteiger charge is -2.29. The second-order valence-corrected chi connectivity index (χ2v) is 9.58. The summed E-state index contributed by atoms with van der Waals surface area (Å²) in [5.41, 5.74) is 3.37. The first kappa shape index (κ1) is 17.5. The number of carbonyl (C=O) groups is 1. The van der Waals surface area contributed by atoms with Gasteiger partial charge in [-0.15, -0.1) is 0 Å². The van der Waals surface area contributed by atoms with E-state index in [1.807, 2.05) is 11.0 Å². The molecule has 0 radical (unpaired) electrons. The Morgan fingerprint density at radius 2 is 1.88 bits per heavy atom. The van der Waals surface area contributed by atoms with E-state index in [4.69, 9.17) is 0 Å². The highest BCUT2D eigenvalue weighted by atomic mass is 32.2. The summed E-state index contributed by atoms with van der Waals surface area (Å²) in [6, 6.07) is 6.04. The molecule has 3 rings (SSSR count). The highest BCUT2D eigenvalue weighted by molar-refractivity contribution is 8.16. The van der Waals surface area contributed by atoms with Crippen molar-refractivity contribution in [1.29, 1.82) is 0 Å². The molecule has 130 valence electrons. The second kappa shape index (κ2) is 6.52. The number of carbonyl (C=O) groups excluding carboxylic acids is 1. The molecule has 0 N–H and O–H groups in total. The number of benzene rings is 1. The molecule has 1 aromatic rings. The van der Waals surface area contributed by atoms with Gasteiger partial charge < -0.3 is 4.90 Å². The van der Waals surface area contributed by atoms with Gasteiger partial charge in [-0.25, -0.2) is 8.42 Å². The van der Waals surface area contributed by atoms with Crippen molar-refractivity contribution in [3.05, 3.63) is 29.3 Å². The number of rotatable bonds is 3. The van der Waals surface area contributed by atoms with Crippen molar-refractivity contribution < 1.29 is 13.2 Å². The molecule has 2 saturated heterocycles. The molecule has 0 spiro atoms. The van der Waals surface area contributed by atoms with Crippen molar-refractivity contribution in [3.8, 4) is 0 Å². The van der Waals surface area contributed by atoms with Gasteiger partial charge in [-0.2, -0.15) is 4.99 Å². The van der Waals surface area contributed by atoms with E-state index in [1.54, 1.807) is 0 Å². The summed E-state index contributed by atoms with van der Waals surface area (Å²) in [4.78, 5) is 17.8. The van der Waals surface area contributed by atoms with Crippen LogP contribution in [0.25, 0.3) is 0 Å². The molecule has 2 fully saturated rings. The van der Waals surface area contributed by atoms with E-state index >= 15 is 0 Å². The predicted molar refractivity (Wildman–Crippen MR) is 99.6 cm³/mol. The molecule has 2 heterocycles. The topological polar surface area (TPSA) is 66.8 Å². The van der Waals surface area contributed by atoms with Gasteiger partial charge in [0.1, 0.15) is 0 Å². The van der Waals surface area contributed by atoms with Crippen LogP contribution in [0.3, 0.4) is 0 Å². The minimum atomic E-state index is -3.04. The van der Waals surface area contributed by atoms with E-state index in [9.17, 15) is 13.2 Å². The number of thioether (sulfide) groups is 1. The van der Waals surface area contributed by atoms with E-state index in [-0.39, 0.29) is 28.7 Å². The molecule has 2 atom stereocenters. The maximum absolute atomic E-state index is 12.1. The fourth-order valence-electron chi connectivity index (χ4n) is 3.49. The Hall–Kier alpha value is -1.34. The van der Waals surface area contributed by atoms with Gasteiger partial charge in [0, 0.05) is 17.9 Å². The minimum absolute atomic E-state index is 0.0530. The Morgan fingerprint density at radius 3 is 2.42 bits per heavy atom. The van der Waals surface area contributed by atoms with Crippen molar-refractivity contribution >= 4 is 38.4 Å². The lowest BCUT2D eigenvalue weighted by molar-refractivity contribution is -0.115. The van der Waals surface area contributed by atoms with Gasteiger partial charge in [-0.05, 0) is 24.0 Å². The van der Waals surface area contributed by atoms with Gasteiger partial charge in [0.05, 0.1) is 17.5 Å². The Labute approximate surface area is 147 Å². The molecular weight excluding hydrogens is 344 g/mol. The third kappa shape index (κ3) is 3.11. The molecule has 1 aromatic carbocycles. The number of anilines is 1. The first-order valence-electron chi connectivity index (χ1n) is 8.22. The third-order valence-electron chi connectivity index (χ3n) is 4.53. The van der Waals surface area contributed by atoms with Crippen molar-refractivity contribution in [1.82, 2.24) is 0 Å². The average Bonchev–Trinajstić information content (AvgIpc) is 2.96. The van der Waals surface area contributed by atoms with Gasteiger partial charge in [0.2, 0.25) is 5.91 Å². The minimum Gasteiger partial charge on any atom is -0.315 e. The number of amidine groups is 1. The standard InChI is InChI=1S/C17H22N2O3S2/c1-4-12-7-6-8-13(5-2)16(12)19-14-9-24(21,22)10-15(14)23-17(19)18-11(3)20/h6-8,14-15H,4-5,9-10H2,1-3H3/t14-,15-/m0/s1. The molecule has 2 aliphatic rings. The molecule has 7 heteroatoms. The average molecular weight is 367 g/mol. The first-order chi connectivity index (χ1) is 11.4. The Kier molecular flexibility index (Phi) is 4.75. The van der Waals surface area contributed by atoms with Crippen LogP contribution in [-0.2, 0) is 27.5 Å². The summed E-state index contributed by atoms with van der Waals surface area (Å²) in [6.45, 7) is 5.61. The zero-order chi connectivity index (χ0) is 17.5. The second-order valence-electron chi connectivity index (χ2n) is 6.22. The Bertz CT molecular complexity index is 780. The summed E-state index contributed by atoms with van der Waals surface area (Å²) < 4.78 is 24.2. The maximum Gasteiger partial charge on any atom is 0.244 e. The largest absolute Gasteiger partial charge is 0.315 e. The maximum atomic E-state index is 12.1. The first-order valence-corrected chi connectivity index (χ1v) is 10.9. The quantitative estimate of drug-likeness (QED) is 0.822. The molecule has 2 aliphatic heterocycles. The fourth-order valence-corrected chi connectivity index (χ4v) is 7.43. The van der Waals surface area contributed by atoms with E-state index in [0.717, 1.165) is 29.7 Å². The van der Waals surface area contributed by atoms with E-state index in [0.29, 0.717) is 5.17 Å². The molecule has 1 amide bonds. The van der Waals surface area contributed by atoms with Crippen molar-refractivity contribution in [2.45, 2.75) is 44.9 Å². The summed E-state index contributed by atoms with van der Waals surface area (Å²) in [7, 11) is -3.04. The molecule has 0 aromatic heterocycles.